The van der Waals surface area contributed by atoms with Crippen molar-refractivity contribution in [1.29, 1.82) is 0 Å². The van der Waals surface area contributed by atoms with Crippen LogP contribution in [0.5, 0.6) is 0 Å². The summed E-state index contributed by atoms with van der Waals surface area (Å²) in [5.41, 5.74) is 2.02. The zero-order valence-electron chi connectivity index (χ0n) is 10.1. The molecule has 0 radical (unpaired) electrons. The molecule has 0 saturated carbocycles. The van der Waals surface area contributed by atoms with Gasteiger partial charge in [0.05, 0.1) is 7.11 Å². The normalized spacial score (nSPS) is 14.5. The smallest absolute Gasteiger partial charge is 0.305 e. The number of aromatic nitrogens is 1. The van der Waals surface area contributed by atoms with E-state index >= 15 is 0 Å². The molecular weight excluding hydrogens is 218 g/mol. The Morgan fingerprint density at radius 1 is 1.41 bits per heavy atom. The van der Waals surface area contributed by atoms with Crippen molar-refractivity contribution in [1.82, 2.24) is 4.57 Å². The second-order valence-electron chi connectivity index (χ2n) is 4.39. The average Bonchev–Trinajstić information content (AvgIpc) is 2.73. The van der Waals surface area contributed by atoms with Crippen LogP contribution in [0.3, 0.4) is 0 Å². The van der Waals surface area contributed by atoms with E-state index in [1.807, 2.05) is 17.0 Å². The molecule has 0 N–H and O–H groups in total. The van der Waals surface area contributed by atoms with Gasteiger partial charge in [0.2, 0.25) is 0 Å². The third-order valence-electron chi connectivity index (χ3n) is 3.14. The summed E-state index contributed by atoms with van der Waals surface area (Å²) in [5.74, 6) is 0.0657. The van der Waals surface area contributed by atoms with Crippen molar-refractivity contribution >= 4 is 11.8 Å². The lowest BCUT2D eigenvalue weighted by Crippen LogP contribution is -2.07. The Balaban J connectivity index is 1.94. The Kier molecular flexibility index (Phi) is 3.61. The van der Waals surface area contributed by atoms with Gasteiger partial charge in [-0.15, -0.1) is 0 Å². The number of Topliss-reactive ketones (excluding diaryl/α,β-unsaturated/α-hetero) is 1. The van der Waals surface area contributed by atoms with Gasteiger partial charge < -0.3 is 9.30 Å². The number of ketones is 1. The standard InChI is InChI=1S/C13H17NO3/c1-17-13(16)6-3-7-14-8-10-4-2-5-12(15)11(10)9-14/h8-9H,2-7H2,1H3. The van der Waals surface area contributed by atoms with E-state index in [0.29, 0.717) is 12.8 Å². The van der Waals surface area contributed by atoms with E-state index in [-0.39, 0.29) is 11.8 Å². The number of hydrogen-bond donors (Lipinski definition) is 0. The van der Waals surface area contributed by atoms with Gasteiger partial charge in [-0.2, -0.15) is 0 Å². The summed E-state index contributed by atoms with van der Waals surface area (Å²) in [5, 5.41) is 0. The van der Waals surface area contributed by atoms with E-state index in [1.165, 1.54) is 7.11 Å². The third kappa shape index (κ3) is 2.75. The van der Waals surface area contributed by atoms with Crippen LogP contribution in [0.2, 0.25) is 0 Å². The quantitative estimate of drug-likeness (QED) is 0.749. The largest absolute Gasteiger partial charge is 0.469 e. The molecule has 4 heteroatoms. The fourth-order valence-electron chi connectivity index (χ4n) is 2.22. The maximum absolute atomic E-state index is 11.6. The maximum Gasteiger partial charge on any atom is 0.305 e. The molecule has 0 amide bonds. The number of esters is 1. The molecular formula is C13H17NO3. The molecule has 1 aromatic rings. The molecule has 17 heavy (non-hydrogen) atoms. The second kappa shape index (κ2) is 5.17. The first-order chi connectivity index (χ1) is 8.20. The maximum atomic E-state index is 11.6. The highest BCUT2D eigenvalue weighted by atomic mass is 16.5. The van der Waals surface area contributed by atoms with Gasteiger partial charge in [0.1, 0.15) is 0 Å². The lowest BCUT2D eigenvalue weighted by atomic mass is 9.95. The number of ether oxygens (including phenoxy) is 1. The second-order valence-corrected chi connectivity index (χ2v) is 4.39. The molecule has 0 spiro atoms. The molecule has 0 atom stereocenters. The van der Waals surface area contributed by atoms with E-state index < -0.39 is 0 Å². The molecule has 0 unspecified atom stereocenters. The number of carbonyl (C=O) groups excluding carboxylic acids is 2. The molecule has 4 nitrogen and oxygen atoms in total. The molecule has 2 rings (SSSR count). The van der Waals surface area contributed by atoms with Gasteiger partial charge in [0.25, 0.3) is 0 Å². The monoisotopic (exact) mass is 235 g/mol. The van der Waals surface area contributed by atoms with Gasteiger partial charge in [0, 0.05) is 37.3 Å². The van der Waals surface area contributed by atoms with Crippen LogP contribution in [0.25, 0.3) is 0 Å². The Morgan fingerprint density at radius 2 is 2.24 bits per heavy atom. The number of rotatable bonds is 4. The fourth-order valence-corrected chi connectivity index (χ4v) is 2.22. The van der Waals surface area contributed by atoms with E-state index in [9.17, 15) is 9.59 Å². The van der Waals surface area contributed by atoms with E-state index in [1.54, 1.807) is 0 Å². The molecule has 1 aliphatic rings. The predicted molar refractivity (Wildman–Crippen MR) is 63.0 cm³/mol. The van der Waals surface area contributed by atoms with Crippen molar-refractivity contribution in [2.45, 2.75) is 38.6 Å². The van der Waals surface area contributed by atoms with Crippen LogP contribution < -0.4 is 0 Å². The minimum Gasteiger partial charge on any atom is -0.469 e. The first-order valence-corrected chi connectivity index (χ1v) is 5.99. The minimum absolute atomic E-state index is 0.182. The summed E-state index contributed by atoms with van der Waals surface area (Å²) >= 11 is 0. The van der Waals surface area contributed by atoms with Crippen LogP contribution >= 0.6 is 0 Å². The summed E-state index contributed by atoms with van der Waals surface area (Å²) < 4.78 is 6.59. The molecule has 0 aliphatic heterocycles. The SMILES string of the molecule is COC(=O)CCCn1cc2c(c1)C(=O)CCC2. The van der Waals surface area contributed by atoms with Gasteiger partial charge in [-0.25, -0.2) is 0 Å². The highest BCUT2D eigenvalue weighted by molar-refractivity contribution is 5.98. The number of carbonyl (C=O) groups is 2. The van der Waals surface area contributed by atoms with Crippen molar-refractivity contribution in [2.24, 2.45) is 0 Å². The minimum atomic E-state index is -0.182. The number of fused-ring (bicyclic) bond motifs is 1. The molecule has 0 saturated heterocycles. The topological polar surface area (TPSA) is 48.3 Å². The Labute approximate surface area is 101 Å². The zero-order valence-corrected chi connectivity index (χ0v) is 10.1. The number of methoxy groups -OCH3 is 1. The molecule has 0 fully saturated rings. The van der Waals surface area contributed by atoms with Crippen LogP contribution in [0.1, 0.15) is 41.6 Å². The summed E-state index contributed by atoms with van der Waals surface area (Å²) in [6, 6.07) is 0. The highest BCUT2D eigenvalue weighted by Crippen LogP contribution is 2.22. The lowest BCUT2D eigenvalue weighted by Gasteiger charge is -2.07. The van der Waals surface area contributed by atoms with Crippen molar-refractivity contribution in [3.8, 4) is 0 Å². The first kappa shape index (κ1) is 11.9. The van der Waals surface area contributed by atoms with Gasteiger partial charge in [-0.05, 0) is 24.8 Å². The summed E-state index contributed by atoms with van der Waals surface area (Å²) in [6.45, 7) is 0.759. The van der Waals surface area contributed by atoms with Crippen molar-refractivity contribution < 1.29 is 14.3 Å². The van der Waals surface area contributed by atoms with E-state index in [4.69, 9.17) is 0 Å². The Hall–Kier alpha value is -1.58. The third-order valence-corrected chi connectivity index (χ3v) is 3.14. The molecule has 0 aromatic carbocycles. The van der Waals surface area contributed by atoms with Crippen molar-refractivity contribution in [2.75, 3.05) is 7.11 Å². The zero-order chi connectivity index (χ0) is 12.3. The summed E-state index contributed by atoms with van der Waals surface area (Å²) in [6.07, 6.45) is 7.72. The van der Waals surface area contributed by atoms with Crippen LogP contribution in [0.15, 0.2) is 12.4 Å². The van der Waals surface area contributed by atoms with Gasteiger partial charge >= 0.3 is 5.97 Å². The summed E-state index contributed by atoms with van der Waals surface area (Å²) in [4.78, 5) is 22.6. The van der Waals surface area contributed by atoms with Crippen LogP contribution in [-0.2, 0) is 22.5 Å². The first-order valence-electron chi connectivity index (χ1n) is 5.99. The fraction of sp³-hybridized carbons (Fsp3) is 0.538. The van der Waals surface area contributed by atoms with Gasteiger partial charge in [-0.3, -0.25) is 9.59 Å². The van der Waals surface area contributed by atoms with Crippen LogP contribution in [0.4, 0.5) is 0 Å². The van der Waals surface area contributed by atoms with E-state index in [0.717, 1.165) is 36.9 Å². The number of hydrogen-bond acceptors (Lipinski definition) is 3. The molecule has 1 heterocycles. The lowest BCUT2D eigenvalue weighted by molar-refractivity contribution is -0.140. The Bertz CT molecular complexity index is 434. The van der Waals surface area contributed by atoms with Crippen LogP contribution in [0, 0.1) is 0 Å². The van der Waals surface area contributed by atoms with Crippen molar-refractivity contribution in [3.05, 3.63) is 23.5 Å². The number of aryl methyl sites for hydroxylation is 2. The Morgan fingerprint density at radius 3 is 2.94 bits per heavy atom. The predicted octanol–water partition coefficient (Wildman–Crippen LogP) is 1.96. The molecule has 0 bridgehead atoms. The molecule has 92 valence electrons. The molecule has 1 aliphatic carbocycles. The molecule has 1 aromatic heterocycles. The number of nitrogens with zero attached hydrogens (tertiary/aromatic N) is 1. The van der Waals surface area contributed by atoms with Gasteiger partial charge in [0.15, 0.2) is 5.78 Å². The average molecular weight is 235 g/mol. The van der Waals surface area contributed by atoms with Crippen LogP contribution in [-0.4, -0.2) is 23.4 Å². The van der Waals surface area contributed by atoms with E-state index in [2.05, 4.69) is 4.74 Å². The van der Waals surface area contributed by atoms with Gasteiger partial charge in [-0.1, -0.05) is 0 Å². The summed E-state index contributed by atoms with van der Waals surface area (Å²) in [7, 11) is 1.40. The van der Waals surface area contributed by atoms with Crippen molar-refractivity contribution in [3.63, 3.8) is 0 Å². The highest BCUT2D eigenvalue weighted by Gasteiger charge is 2.18.